The number of sulfone groups is 1. The van der Waals surface area contributed by atoms with Crippen LogP contribution >= 0.6 is 0 Å². The second-order valence-electron chi connectivity index (χ2n) is 7.87. The average Bonchev–Trinajstić information content (AvgIpc) is 3.36. The number of para-hydroxylation sites is 1. The van der Waals surface area contributed by atoms with Gasteiger partial charge in [-0.1, -0.05) is 18.2 Å². The quantitative estimate of drug-likeness (QED) is 0.491. The summed E-state index contributed by atoms with van der Waals surface area (Å²) in [6.45, 7) is 6.20. The van der Waals surface area contributed by atoms with Gasteiger partial charge in [-0.15, -0.1) is 0 Å². The Labute approximate surface area is 174 Å². The van der Waals surface area contributed by atoms with Crippen molar-refractivity contribution >= 4 is 15.8 Å². The third-order valence-corrected chi connectivity index (χ3v) is 7.57. The van der Waals surface area contributed by atoms with Crippen LogP contribution in [0.5, 0.6) is 5.75 Å². The molecule has 0 aromatic heterocycles. The minimum absolute atomic E-state index is 0.160. The molecule has 2 saturated heterocycles. The smallest absolute Gasteiger partial charge is 0.191 e. The Morgan fingerprint density at radius 1 is 1.28 bits per heavy atom. The first-order valence-corrected chi connectivity index (χ1v) is 12.4. The lowest BCUT2D eigenvalue weighted by molar-refractivity contribution is 0.245. The molecule has 2 atom stereocenters. The lowest BCUT2D eigenvalue weighted by Gasteiger charge is -2.28. The van der Waals surface area contributed by atoms with Crippen LogP contribution in [0.2, 0.25) is 0 Å². The molecule has 162 valence electrons. The monoisotopic (exact) mass is 422 g/mol. The van der Waals surface area contributed by atoms with Gasteiger partial charge in [0.15, 0.2) is 15.8 Å². The van der Waals surface area contributed by atoms with Crippen molar-refractivity contribution in [2.24, 2.45) is 10.9 Å². The molecule has 2 aliphatic heterocycles. The van der Waals surface area contributed by atoms with Gasteiger partial charge in [0.05, 0.1) is 31.2 Å². The van der Waals surface area contributed by atoms with Crippen LogP contribution in [0.3, 0.4) is 0 Å². The van der Waals surface area contributed by atoms with Crippen LogP contribution in [0.15, 0.2) is 29.3 Å². The summed E-state index contributed by atoms with van der Waals surface area (Å²) in [6.07, 6.45) is 3.15. The van der Waals surface area contributed by atoms with Gasteiger partial charge >= 0.3 is 0 Å². The fourth-order valence-electron chi connectivity index (χ4n) is 4.20. The number of benzene rings is 1. The van der Waals surface area contributed by atoms with Gasteiger partial charge in [0.2, 0.25) is 0 Å². The topological polar surface area (TPSA) is 83.0 Å². The fourth-order valence-corrected chi connectivity index (χ4v) is 6.06. The second kappa shape index (κ2) is 10.3. The van der Waals surface area contributed by atoms with Crippen molar-refractivity contribution < 1.29 is 13.2 Å². The highest BCUT2D eigenvalue weighted by molar-refractivity contribution is 7.91. The van der Waals surface area contributed by atoms with E-state index >= 15 is 0 Å². The minimum Gasteiger partial charge on any atom is -0.496 e. The number of rotatable bonds is 8. The van der Waals surface area contributed by atoms with E-state index in [2.05, 4.69) is 27.7 Å². The van der Waals surface area contributed by atoms with Gasteiger partial charge in [-0.2, -0.15) is 0 Å². The number of methoxy groups -OCH3 is 1. The van der Waals surface area contributed by atoms with Crippen molar-refractivity contribution in [2.45, 2.75) is 32.2 Å². The van der Waals surface area contributed by atoms with Crippen LogP contribution in [0.1, 0.15) is 37.8 Å². The molecule has 2 fully saturated rings. The predicted molar refractivity (Wildman–Crippen MR) is 117 cm³/mol. The van der Waals surface area contributed by atoms with Crippen LogP contribution in [-0.4, -0.2) is 70.6 Å². The number of hydrogen-bond donors (Lipinski definition) is 2. The Morgan fingerprint density at radius 3 is 2.69 bits per heavy atom. The molecular weight excluding hydrogens is 388 g/mol. The van der Waals surface area contributed by atoms with Crippen molar-refractivity contribution in [1.29, 1.82) is 0 Å². The molecule has 2 heterocycles. The summed E-state index contributed by atoms with van der Waals surface area (Å²) < 4.78 is 29.0. The summed E-state index contributed by atoms with van der Waals surface area (Å²) in [7, 11) is -1.14. The summed E-state index contributed by atoms with van der Waals surface area (Å²) >= 11 is 0. The van der Waals surface area contributed by atoms with E-state index in [4.69, 9.17) is 9.73 Å². The molecule has 0 radical (unpaired) electrons. The number of ether oxygens (including phenoxy) is 1. The van der Waals surface area contributed by atoms with Crippen LogP contribution in [0.25, 0.3) is 0 Å². The summed E-state index contributed by atoms with van der Waals surface area (Å²) in [5.41, 5.74) is 1.17. The summed E-state index contributed by atoms with van der Waals surface area (Å²) in [4.78, 5) is 7.34. The van der Waals surface area contributed by atoms with Gasteiger partial charge in [-0.25, -0.2) is 8.42 Å². The normalized spacial score (nSPS) is 23.1. The average molecular weight is 423 g/mol. The molecule has 0 amide bonds. The molecule has 1 aromatic carbocycles. The van der Waals surface area contributed by atoms with Crippen molar-refractivity contribution in [3.63, 3.8) is 0 Å². The number of likely N-dealkylation sites (tertiary alicyclic amines) is 1. The maximum absolute atomic E-state index is 11.7. The maximum Gasteiger partial charge on any atom is 0.191 e. The second-order valence-corrected chi connectivity index (χ2v) is 10.1. The standard InChI is InChI=1S/C21H34N4O3S/c1-3-22-21(23-14-17-10-13-29(26,27)16-17)24-15-19(25-11-6-7-12-25)18-8-4-5-9-20(18)28-2/h4-5,8-9,17,19H,3,6-7,10-16H2,1-2H3,(H2,22,23,24). The van der Waals surface area contributed by atoms with Crippen LogP contribution in [0, 0.1) is 5.92 Å². The van der Waals surface area contributed by atoms with Crippen LogP contribution < -0.4 is 15.4 Å². The first kappa shape index (κ1) is 21.9. The van der Waals surface area contributed by atoms with Gasteiger partial charge < -0.3 is 15.4 Å². The minimum atomic E-state index is -2.86. The van der Waals surface area contributed by atoms with E-state index in [-0.39, 0.29) is 17.7 Å². The Hall–Kier alpha value is -1.80. The van der Waals surface area contributed by atoms with E-state index in [9.17, 15) is 8.42 Å². The first-order chi connectivity index (χ1) is 14.0. The Morgan fingerprint density at radius 2 is 2.03 bits per heavy atom. The molecule has 8 heteroatoms. The lowest BCUT2D eigenvalue weighted by Crippen LogP contribution is -2.40. The van der Waals surface area contributed by atoms with Gasteiger partial charge in [-0.05, 0) is 51.3 Å². The summed E-state index contributed by atoms with van der Waals surface area (Å²) in [5, 5.41) is 6.64. The Kier molecular flexibility index (Phi) is 7.77. The van der Waals surface area contributed by atoms with Gasteiger partial charge in [-0.3, -0.25) is 9.89 Å². The molecule has 3 rings (SSSR count). The lowest BCUT2D eigenvalue weighted by atomic mass is 10.0. The number of hydrogen-bond acceptors (Lipinski definition) is 5. The number of nitrogens with zero attached hydrogens (tertiary/aromatic N) is 2. The van der Waals surface area contributed by atoms with Crippen LogP contribution in [-0.2, 0) is 9.84 Å². The SMILES string of the molecule is CCNC(=NCC(c1ccccc1OC)N1CCCC1)NCC1CCS(=O)(=O)C1. The zero-order valence-corrected chi connectivity index (χ0v) is 18.4. The number of aliphatic imine (C=N–C) groups is 1. The van der Waals surface area contributed by atoms with Gasteiger partial charge in [0.25, 0.3) is 0 Å². The highest BCUT2D eigenvalue weighted by Crippen LogP contribution is 2.31. The molecule has 2 N–H and O–H groups in total. The van der Waals surface area contributed by atoms with Crippen molar-refractivity contribution in [3.05, 3.63) is 29.8 Å². The van der Waals surface area contributed by atoms with E-state index in [1.54, 1.807) is 7.11 Å². The molecule has 7 nitrogen and oxygen atoms in total. The van der Waals surface area contributed by atoms with Gasteiger partial charge in [0, 0.05) is 18.7 Å². The van der Waals surface area contributed by atoms with E-state index in [1.807, 2.05) is 19.1 Å². The molecule has 0 saturated carbocycles. The molecular formula is C21H34N4O3S. The van der Waals surface area contributed by atoms with Crippen molar-refractivity contribution in [1.82, 2.24) is 15.5 Å². The Bertz CT molecular complexity index is 791. The number of guanidine groups is 1. The zero-order valence-electron chi connectivity index (χ0n) is 17.6. The van der Waals surface area contributed by atoms with Crippen LogP contribution in [0.4, 0.5) is 0 Å². The summed E-state index contributed by atoms with van der Waals surface area (Å²) in [6, 6.07) is 8.34. The fraction of sp³-hybridized carbons (Fsp3) is 0.667. The highest BCUT2D eigenvalue weighted by atomic mass is 32.2. The van der Waals surface area contributed by atoms with Crippen molar-refractivity contribution in [3.8, 4) is 5.75 Å². The molecule has 0 bridgehead atoms. The molecule has 0 spiro atoms. The number of nitrogens with one attached hydrogen (secondary N) is 2. The van der Waals surface area contributed by atoms with E-state index in [0.717, 1.165) is 37.8 Å². The molecule has 2 unspecified atom stereocenters. The first-order valence-electron chi connectivity index (χ1n) is 10.6. The van der Waals surface area contributed by atoms with Gasteiger partial charge in [0.1, 0.15) is 5.75 Å². The van der Waals surface area contributed by atoms with E-state index < -0.39 is 9.84 Å². The maximum atomic E-state index is 11.7. The zero-order chi connectivity index (χ0) is 20.7. The third kappa shape index (κ3) is 6.09. The highest BCUT2D eigenvalue weighted by Gasteiger charge is 2.28. The Balaban J connectivity index is 1.71. The third-order valence-electron chi connectivity index (χ3n) is 5.73. The molecule has 2 aliphatic rings. The van der Waals surface area contributed by atoms with E-state index in [1.165, 1.54) is 18.4 Å². The summed E-state index contributed by atoms with van der Waals surface area (Å²) in [5.74, 6) is 2.38. The van der Waals surface area contributed by atoms with Crippen molar-refractivity contribution in [2.75, 3.05) is 51.3 Å². The predicted octanol–water partition coefficient (Wildman–Crippen LogP) is 1.82. The van der Waals surface area contributed by atoms with E-state index in [0.29, 0.717) is 18.8 Å². The molecule has 0 aliphatic carbocycles. The molecule has 1 aromatic rings. The molecule has 29 heavy (non-hydrogen) atoms. The largest absolute Gasteiger partial charge is 0.496 e.